The normalized spacial score (nSPS) is 12.9. The molecule has 0 spiro atoms. The van der Waals surface area contributed by atoms with E-state index >= 15 is 0 Å². The van der Waals surface area contributed by atoms with Crippen molar-refractivity contribution in [2.75, 3.05) is 11.9 Å². The fraction of sp³-hybridized carbons (Fsp3) is 0.500. The van der Waals surface area contributed by atoms with Crippen LogP contribution in [0.5, 0.6) is 0 Å². The van der Waals surface area contributed by atoms with Crippen molar-refractivity contribution in [2.45, 2.75) is 25.9 Å². The Morgan fingerprint density at radius 3 is 3.12 bits per heavy atom. The lowest BCUT2D eigenvalue weighted by Crippen LogP contribution is -2.19. The van der Waals surface area contributed by atoms with E-state index < -0.39 is 6.10 Å². The molecule has 17 heavy (non-hydrogen) atoms. The van der Waals surface area contributed by atoms with E-state index in [-0.39, 0.29) is 5.28 Å². The summed E-state index contributed by atoms with van der Waals surface area (Å²) in [7, 11) is 0. The summed E-state index contributed by atoms with van der Waals surface area (Å²) in [5, 5.41) is 20.2. The van der Waals surface area contributed by atoms with Gasteiger partial charge < -0.3 is 10.4 Å². The number of halogens is 1. The molecule has 2 rings (SSSR count). The standard InChI is InChI=1S/C10H14ClN5O/c1-2-3-6(17)4-12-8-7-5-13-16-9(7)15-10(11)14-8/h5-6,17H,2-4H2,1H3,(H2,12,13,14,15,16). The molecular weight excluding hydrogens is 242 g/mol. The molecule has 0 radical (unpaired) electrons. The van der Waals surface area contributed by atoms with Gasteiger partial charge in [0.2, 0.25) is 5.28 Å². The van der Waals surface area contributed by atoms with Crippen LogP contribution in [0.3, 0.4) is 0 Å². The van der Waals surface area contributed by atoms with Crippen molar-refractivity contribution in [3.8, 4) is 0 Å². The molecule has 0 saturated carbocycles. The van der Waals surface area contributed by atoms with Crippen LogP contribution < -0.4 is 5.32 Å². The predicted octanol–water partition coefficient (Wildman–Crippen LogP) is 1.58. The molecule has 2 heterocycles. The van der Waals surface area contributed by atoms with Crippen LogP contribution in [0.2, 0.25) is 5.28 Å². The van der Waals surface area contributed by atoms with Gasteiger partial charge >= 0.3 is 0 Å². The average molecular weight is 256 g/mol. The van der Waals surface area contributed by atoms with Crippen LogP contribution in [0.4, 0.5) is 5.82 Å². The Hall–Kier alpha value is -1.40. The van der Waals surface area contributed by atoms with Crippen LogP contribution in [0, 0.1) is 0 Å². The fourth-order valence-corrected chi connectivity index (χ4v) is 1.76. The van der Waals surface area contributed by atoms with E-state index in [1.807, 2.05) is 6.92 Å². The zero-order valence-electron chi connectivity index (χ0n) is 9.44. The lowest BCUT2D eigenvalue weighted by Gasteiger charge is -2.11. The number of hydrogen-bond acceptors (Lipinski definition) is 5. The molecule has 2 aromatic rings. The van der Waals surface area contributed by atoms with E-state index in [2.05, 4.69) is 25.5 Å². The summed E-state index contributed by atoms with van der Waals surface area (Å²) in [6.07, 6.45) is 2.92. The second-order valence-corrected chi connectivity index (χ2v) is 4.13. The van der Waals surface area contributed by atoms with E-state index in [4.69, 9.17) is 11.6 Å². The van der Waals surface area contributed by atoms with Gasteiger partial charge in [-0.2, -0.15) is 15.1 Å². The van der Waals surface area contributed by atoms with Gasteiger partial charge in [-0.1, -0.05) is 13.3 Å². The molecule has 1 unspecified atom stereocenters. The Balaban J connectivity index is 2.14. The SMILES string of the molecule is CCCC(O)CNc1nc(Cl)nc2[nH]ncc12. The maximum absolute atomic E-state index is 9.64. The van der Waals surface area contributed by atoms with Crippen LogP contribution >= 0.6 is 11.6 Å². The average Bonchev–Trinajstić information content (AvgIpc) is 2.74. The molecule has 1 atom stereocenters. The maximum Gasteiger partial charge on any atom is 0.226 e. The van der Waals surface area contributed by atoms with Crippen molar-refractivity contribution in [1.29, 1.82) is 0 Å². The van der Waals surface area contributed by atoms with Crippen molar-refractivity contribution in [2.24, 2.45) is 0 Å². The third kappa shape index (κ3) is 2.83. The Kier molecular flexibility index (Phi) is 3.75. The number of anilines is 1. The lowest BCUT2D eigenvalue weighted by atomic mass is 10.2. The smallest absolute Gasteiger partial charge is 0.226 e. The molecule has 6 nitrogen and oxygen atoms in total. The summed E-state index contributed by atoms with van der Waals surface area (Å²) < 4.78 is 0. The van der Waals surface area contributed by atoms with Crippen LogP contribution in [0.25, 0.3) is 11.0 Å². The lowest BCUT2D eigenvalue weighted by molar-refractivity contribution is 0.176. The zero-order valence-corrected chi connectivity index (χ0v) is 10.2. The Morgan fingerprint density at radius 2 is 2.35 bits per heavy atom. The van der Waals surface area contributed by atoms with E-state index in [0.717, 1.165) is 18.2 Å². The van der Waals surface area contributed by atoms with E-state index in [9.17, 15) is 5.11 Å². The number of rotatable bonds is 5. The Labute approximate surface area is 103 Å². The number of nitrogens with one attached hydrogen (secondary N) is 2. The van der Waals surface area contributed by atoms with Gasteiger partial charge in [0.25, 0.3) is 0 Å². The maximum atomic E-state index is 9.64. The molecular formula is C10H14ClN5O. The number of aromatic nitrogens is 4. The van der Waals surface area contributed by atoms with Gasteiger partial charge in [0.1, 0.15) is 5.82 Å². The first-order valence-electron chi connectivity index (χ1n) is 5.49. The molecule has 2 aromatic heterocycles. The quantitative estimate of drug-likeness (QED) is 0.706. The number of aliphatic hydroxyl groups is 1. The van der Waals surface area contributed by atoms with Crippen molar-refractivity contribution >= 4 is 28.5 Å². The highest BCUT2D eigenvalue weighted by atomic mass is 35.5. The van der Waals surface area contributed by atoms with Crippen LogP contribution in [-0.2, 0) is 0 Å². The topological polar surface area (TPSA) is 86.7 Å². The van der Waals surface area contributed by atoms with E-state index in [1.165, 1.54) is 0 Å². The molecule has 92 valence electrons. The Morgan fingerprint density at radius 1 is 1.53 bits per heavy atom. The molecule has 3 N–H and O–H groups in total. The summed E-state index contributed by atoms with van der Waals surface area (Å²) in [5.41, 5.74) is 0.581. The van der Waals surface area contributed by atoms with Gasteiger partial charge in [-0.25, -0.2) is 0 Å². The molecule has 0 aliphatic rings. The van der Waals surface area contributed by atoms with Gasteiger partial charge in [0.05, 0.1) is 17.7 Å². The number of H-pyrrole nitrogens is 1. The number of aliphatic hydroxyl groups excluding tert-OH is 1. The molecule has 0 saturated heterocycles. The summed E-state index contributed by atoms with van der Waals surface area (Å²) in [6.45, 7) is 2.46. The number of aromatic amines is 1. The first-order chi connectivity index (χ1) is 8.20. The second-order valence-electron chi connectivity index (χ2n) is 3.80. The van der Waals surface area contributed by atoms with Gasteiger partial charge in [-0.05, 0) is 18.0 Å². The molecule has 0 bridgehead atoms. The molecule has 0 aliphatic carbocycles. The van der Waals surface area contributed by atoms with Crippen molar-refractivity contribution < 1.29 is 5.11 Å². The van der Waals surface area contributed by atoms with Gasteiger partial charge in [-0.15, -0.1) is 0 Å². The van der Waals surface area contributed by atoms with Gasteiger partial charge in [-0.3, -0.25) is 5.10 Å². The fourth-order valence-electron chi connectivity index (χ4n) is 1.59. The minimum absolute atomic E-state index is 0.147. The molecule has 0 aliphatic heterocycles. The summed E-state index contributed by atoms with van der Waals surface area (Å²) in [6, 6.07) is 0. The second kappa shape index (κ2) is 5.29. The summed E-state index contributed by atoms with van der Waals surface area (Å²) in [4.78, 5) is 8.07. The highest BCUT2D eigenvalue weighted by Gasteiger charge is 2.09. The van der Waals surface area contributed by atoms with Crippen molar-refractivity contribution in [3.05, 3.63) is 11.5 Å². The number of hydrogen-bond donors (Lipinski definition) is 3. The van der Waals surface area contributed by atoms with Gasteiger partial charge in [0, 0.05) is 6.54 Å². The van der Waals surface area contributed by atoms with E-state index in [0.29, 0.717) is 18.0 Å². The monoisotopic (exact) mass is 255 g/mol. The predicted molar refractivity (Wildman–Crippen MR) is 66.1 cm³/mol. The van der Waals surface area contributed by atoms with Crippen LogP contribution in [-0.4, -0.2) is 37.9 Å². The first-order valence-corrected chi connectivity index (χ1v) is 5.87. The van der Waals surface area contributed by atoms with E-state index in [1.54, 1.807) is 6.20 Å². The van der Waals surface area contributed by atoms with Crippen molar-refractivity contribution in [3.63, 3.8) is 0 Å². The van der Waals surface area contributed by atoms with Crippen LogP contribution in [0.15, 0.2) is 6.20 Å². The largest absolute Gasteiger partial charge is 0.391 e. The zero-order chi connectivity index (χ0) is 12.3. The van der Waals surface area contributed by atoms with Gasteiger partial charge in [0.15, 0.2) is 5.65 Å². The van der Waals surface area contributed by atoms with Crippen molar-refractivity contribution in [1.82, 2.24) is 20.2 Å². The first kappa shape index (κ1) is 12.1. The molecule has 0 aromatic carbocycles. The summed E-state index contributed by atoms with van der Waals surface area (Å²) >= 11 is 5.78. The number of nitrogens with zero attached hydrogens (tertiary/aromatic N) is 3. The summed E-state index contributed by atoms with van der Waals surface area (Å²) in [5.74, 6) is 0.587. The molecule has 7 heteroatoms. The molecule has 0 amide bonds. The highest BCUT2D eigenvalue weighted by molar-refractivity contribution is 6.28. The Bertz CT molecular complexity index is 500. The minimum Gasteiger partial charge on any atom is -0.391 e. The van der Waals surface area contributed by atoms with Crippen LogP contribution in [0.1, 0.15) is 19.8 Å². The third-order valence-electron chi connectivity index (χ3n) is 2.41. The third-order valence-corrected chi connectivity index (χ3v) is 2.58. The number of fused-ring (bicyclic) bond motifs is 1. The molecule has 0 fully saturated rings. The highest BCUT2D eigenvalue weighted by Crippen LogP contribution is 2.19. The minimum atomic E-state index is -0.393.